The number of halogens is 3. The number of aryl methyl sites for hydroxylation is 2. The monoisotopic (exact) mass is 406 g/mol. The lowest BCUT2D eigenvalue weighted by Gasteiger charge is -2.13. The number of hydrogen-bond acceptors (Lipinski definition) is 4. The molecule has 0 aliphatic heterocycles. The van der Waals surface area contributed by atoms with Crippen molar-refractivity contribution in [2.75, 3.05) is 0 Å². The predicted molar refractivity (Wildman–Crippen MR) is 99.1 cm³/mol. The zero-order chi connectivity index (χ0) is 21.3. The van der Waals surface area contributed by atoms with Crippen LogP contribution in [0.1, 0.15) is 27.8 Å². The fourth-order valence-electron chi connectivity index (χ4n) is 3.19. The SMILES string of the molecule is Cc1cc(OCc2cccc(C(F)(F)F)c2)cc2oc(=O)c(CC(=O)O)c(C)c12. The van der Waals surface area contributed by atoms with Crippen LogP contribution in [0.5, 0.6) is 5.75 Å². The molecule has 0 aliphatic rings. The number of hydrogen-bond donors (Lipinski definition) is 1. The summed E-state index contributed by atoms with van der Waals surface area (Å²) in [5.74, 6) is -0.820. The van der Waals surface area contributed by atoms with Crippen molar-refractivity contribution in [3.8, 4) is 5.75 Å². The lowest BCUT2D eigenvalue weighted by molar-refractivity contribution is -0.138. The topological polar surface area (TPSA) is 76.7 Å². The van der Waals surface area contributed by atoms with E-state index in [4.69, 9.17) is 14.3 Å². The molecule has 0 saturated heterocycles. The van der Waals surface area contributed by atoms with Gasteiger partial charge in [-0.05, 0) is 48.7 Å². The van der Waals surface area contributed by atoms with Crippen molar-refractivity contribution >= 4 is 16.9 Å². The number of carboxylic acids is 1. The molecule has 2 aromatic carbocycles. The van der Waals surface area contributed by atoms with Crippen LogP contribution < -0.4 is 10.4 Å². The smallest absolute Gasteiger partial charge is 0.416 e. The highest BCUT2D eigenvalue weighted by molar-refractivity contribution is 5.87. The number of carboxylic acid groups (broad SMARTS) is 1. The Morgan fingerprint density at radius 3 is 2.55 bits per heavy atom. The van der Waals surface area contributed by atoms with Gasteiger partial charge < -0.3 is 14.3 Å². The third kappa shape index (κ3) is 4.42. The number of carbonyl (C=O) groups is 1. The number of fused-ring (bicyclic) bond motifs is 1. The third-order valence-electron chi connectivity index (χ3n) is 4.54. The predicted octanol–water partition coefficient (Wildman–Crippen LogP) is 4.63. The van der Waals surface area contributed by atoms with Crippen LogP contribution in [0, 0.1) is 13.8 Å². The molecule has 0 atom stereocenters. The van der Waals surface area contributed by atoms with Crippen LogP contribution in [-0.2, 0) is 24.0 Å². The summed E-state index contributed by atoms with van der Waals surface area (Å²) >= 11 is 0. The molecule has 0 spiro atoms. The normalized spacial score (nSPS) is 11.6. The first-order valence-electron chi connectivity index (χ1n) is 8.64. The molecular weight excluding hydrogens is 389 g/mol. The van der Waals surface area contributed by atoms with Crippen LogP contribution >= 0.6 is 0 Å². The molecule has 0 bridgehead atoms. The number of ether oxygens (including phenoxy) is 1. The molecule has 8 heteroatoms. The van der Waals surface area contributed by atoms with Crippen molar-refractivity contribution in [3.05, 3.63) is 74.6 Å². The summed E-state index contributed by atoms with van der Waals surface area (Å²) in [4.78, 5) is 23.1. The summed E-state index contributed by atoms with van der Waals surface area (Å²) < 4.78 is 49.3. The van der Waals surface area contributed by atoms with Crippen molar-refractivity contribution in [1.29, 1.82) is 0 Å². The van der Waals surface area contributed by atoms with Crippen molar-refractivity contribution in [1.82, 2.24) is 0 Å². The molecule has 3 rings (SSSR count). The Morgan fingerprint density at radius 1 is 1.17 bits per heavy atom. The lowest BCUT2D eigenvalue weighted by atomic mass is 10.00. The Balaban J connectivity index is 1.92. The highest BCUT2D eigenvalue weighted by Crippen LogP contribution is 2.31. The standard InChI is InChI=1S/C21H17F3O5/c1-11-6-15(28-10-13-4-3-5-14(7-13)21(22,23)24)8-17-19(11)12(2)16(9-18(25)26)20(27)29-17/h3-8H,9-10H2,1-2H3,(H,25,26). The third-order valence-corrected chi connectivity index (χ3v) is 4.54. The second-order valence-corrected chi connectivity index (χ2v) is 6.66. The van der Waals surface area contributed by atoms with Gasteiger partial charge in [0.05, 0.1) is 17.5 Å². The maximum absolute atomic E-state index is 12.8. The van der Waals surface area contributed by atoms with Gasteiger partial charge in [-0.2, -0.15) is 13.2 Å². The van der Waals surface area contributed by atoms with E-state index in [1.54, 1.807) is 19.9 Å². The average molecular weight is 406 g/mol. The average Bonchev–Trinajstić information content (AvgIpc) is 2.62. The van der Waals surface area contributed by atoms with Gasteiger partial charge in [0.2, 0.25) is 0 Å². The van der Waals surface area contributed by atoms with Crippen LogP contribution in [0.2, 0.25) is 0 Å². The Morgan fingerprint density at radius 2 is 1.90 bits per heavy atom. The first-order chi connectivity index (χ1) is 13.6. The molecule has 1 aromatic heterocycles. The summed E-state index contributed by atoms with van der Waals surface area (Å²) in [5, 5.41) is 9.58. The van der Waals surface area contributed by atoms with E-state index >= 15 is 0 Å². The van der Waals surface area contributed by atoms with E-state index < -0.39 is 29.8 Å². The van der Waals surface area contributed by atoms with Gasteiger partial charge in [-0.3, -0.25) is 4.79 Å². The van der Waals surface area contributed by atoms with Gasteiger partial charge in [0.15, 0.2) is 0 Å². The Labute approximate surface area is 163 Å². The molecule has 5 nitrogen and oxygen atoms in total. The highest BCUT2D eigenvalue weighted by atomic mass is 19.4. The van der Waals surface area contributed by atoms with Crippen LogP contribution in [-0.4, -0.2) is 11.1 Å². The van der Waals surface area contributed by atoms with Gasteiger partial charge >= 0.3 is 17.8 Å². The van der Waals surface area contributed by atoms with Crippen LogP contribution in [0.3, 0.4) is 0 Å². The number of benzene rings is 2. The van der Waals surface area contributed by atoms with Crippen molar-refractivity contribution in [3.63, 3.8) is 0 Å². The first-order valence-corrected chi connectivity index (χ1v) is 8.64. The van der Waals surface area contributed by atoms with Crippen molar-refractivity contribution < 1.29 is 32.2 Å². The molecule has 0 unspecified atom stereocenters. The van der Waals surface area contributed by atoms with E-state index in [2.05, 4.69) is 0 Å². The second kappa shape index (κ2) is 7.62. The number of rotatable bonds is 5. The molecule has 3 aromatic rings. The molecule has 29 heavy (non-hydrogen) atoms. The van der Waals surface area contributed by atoms with Crippen LogP contribution in [0.25, 0.3) is 11.0 Å². The van der Waals surface area contributed by atoms with E-state index in [0.29, 0.717) is 27.8 Å². The Hall–Kier alpha value is -3.29. The molecule has 0 fully saturated rings. The zero-order valence-corrected chi connectivity index (χ0v) is 15.6. The molecule has 0 aliphatic carbocycles. The summed E-state index contributed by atoms with van der Waals surface area (Å²) in [7, 11) is 0. The minimum atomic E-state index is -4.44. The summed E-state index contributed by atoms with van der Waals surface area (Å²) in [6.07, 6.45) is -4.89. The maximum Gasteiger partial charge on any atom is 0.416 e. The quantitative estimate of drug-likeness (QED) is 0.625. The minimum Gasteiger partial charge on any atom is -0.489 e. The largest absolute Gasteiger partial charge is 0.489 e. The zero-order valence-electron chi connectivity index (χ0n) is 15.6. The Bertz CT molecular complexity index is 1150. The van der Waals surface area contributed by atoms with E-state index in [-0.39, 0.29) is 17.8 Å². The first kappa shape index (κ1) is 20.4. The molecule has 0 saturated carbocycles. The molecule has 152 valence electrons. The number of aliphatic carboxylic acids is 1. The second-order valence-electron chi connectivity index (χ2n) is 6.66. The summed E-state index contributed by atoms with van der Waals surface area (Å²) in [6.45, 7) is 3.29. The van der Waals surface area contributed by atoms with E-state index in [9.17, 15) is 22.8 Å². The van der Waals surface area contributed by atoms with Crippen molar-refractivity contribution in [2.45, 2.75) is 33.1 Å². The fraction of sp³-hybridized carbons (Fsp3) is 0.238. The van der Waals surface area contributed by atoms with Gasteiger partial charge in [-0.15, -0.1) is 0 Å². The highest BCUT2D eigenvalue weighted by Gasteiger charge is 2.30. The van der Waals surface area contributed by atoms with Gasteiger partial charge in [0.25, 0.3) is 0 Å². The molecule has 1 N–H and O–H groups in total. The Kier molecular flexibility index (Phi) is 5.37. The van der Waals surface area contributed by atoms with Gasteiger partial charge in [0, 0.05) is 11.5 Å². The lowest BCUT2D eigenvalue weighted by Crippen LogP contribution is -2.15. The molecular formula is C21H17F3O5. The van der Waals surface area contributed by atoms with Crippen LogP contribution in [0.4, 0.5) is 13.2 Å². The summed E-state index contributed by atoms with van der Waals surface area (Å²) in [5.41, 5.74) is 0.334. The van der Waals surface area contributed by atoms with Gasteiger partial charge in [-0.25, -0.2) is 4.79 Å². The summed E-state index contributed by atoms with van der Waals surface area (Å²) in [6, 6.07) is 7.94. The van der Waals surface area contributed by atoms with Gasteiger partial charge in [0.1, 0.15) is 17.9 Å². The number of alkyl halides is 3. The van der Waals surface area contributed by atoms with Gasteiger partial charge in [-0.1, -0.05) is 12.1 Å². The van der Waals surface area contributed by atoms with Crippen LogP contribution in [0.15, 0.2) is 45.6 Å². The van der Waals surface area contributed by atoms with Crippen molar-refractivity contribution in [2.24, 2.45) is 0 Å². The molecule has 0 amide bonds. The maximum atomic E-state index is 12.8. The van der Waals surface area contributed by atoms with E-state index in [1.165, 1.54) is 18.2 Å². The van der Waals surface area contributed by atoms with E-state index in [1.807, 2.05) is 0 Å². The molecule has 1 heterocycles. The fourth-order valence-corrected chi connectivity index (χ4v) is 3.19. The van der Waals surface area contributed by atoms with E-state index in [0.717, 1.165) is 12.1 Å². The minimum absolute atomic E-state index is 0.0748. The molecule has 0 radical (unpaired) electrons.